The standard InChI is InChI=1S/C16H30N2O2/c1-11(2)17-16(15(19)20-5)7-6-14(9-16)18(4)10-13-8-12(13)3/h11-14,17H,6-10H2,1-5H3. The number of methoxy groups -OCH3 is 1. The van der Waals surface area contributed by atoms with Gasteiger partial charge in [0.25, 0.3) is 0 Å². The third-order valence-electron chi connectivity index (χ3n) is 5.05. The number of nitrogens with one attached hydrogen (secondary N) is 1. The van der Waals surface area contributed by atoms with E-state index in [1.54, 1.807) is 0 Å². The first-order valence-electron chi connectivity index (χ1n) is 7.94. The lowest BCUT2D eigenvalue weighted by molar-refractivity contribution is -0.149. The van der Waals surface area contributed by atoms with Gasteiger partial charge in [-0.2, -0.15) is 0 Å². The molecule has 2 fully saturated rings. The third kappa shape index (κ3) is 3.34. The molecule has 2 aliphatic rings. The van der Waals surface area contributed by atoms with Crippen molar-refractivity contribution >= 4 is 5.97 Å². The number of ether oxygens (including phenoxy) is 1. The van der Waals surface area contributed by atoms with Crippen LogP contribution in [-0.2, 0) is 9.53 Å². The molecule has 1 N–H and O–H groups in total. The van der Waals surface area contributed by atoms with Crippen LogP contribution in [0.4, 0.5) is 0 Å². The van der Waals surface area contributed by atoms with Gasteiger partial charge in [0.1, 0.15) is 5.54 Å². The summed E-state index contributed by atoms with van der Waals surface area (Å²) in [4.78, 5) is 14.7. The lowest BCUT2D eigenvalue weighted by atomic mass is 9.96. The van der Waals surface area contributed by atoms with Crippen LogP contribution in [-0.4, -0.2) is 49.2 Å². The molecule has 0 spiro atoms. The van der Waals surface area contributed by atoms with Crippen molar-refractivity contribution in [3.8, 4) is 0 Å². The van der Waals surface area contributed by atoms with Crippen LogP contribution in [0.1, 0.15) is 46.5 Å². The molecule has 4 unspecified atom stereocenters. The Balaban J connectivity index is 1.97. The van der Waals surface area contributed by atoms with Crippen molar-refractivity contribution in [2.75, 3.05) is 20.7 Å². The van der Waals surface area contributed by atoms with Gasteiger partial charge in [0.05, 0.1) is 7.11 Å². The second-order valence-electron chi connectivity index (χ2n) is 7.18. The maximum Gasteiger partial charge on any atom is 0.326 e. The van der Waals surface area contributed by atoms with Crippen LogP contribution in [0.15, 0.2) is 0 Å². The number of hydrogen-bond donors (Lipinski definition) is 1. The second kappa shape index (κ2) is 6.02. The van der Waals surface area contributed by atoms with Crippen LogP contribution in [0.5, 0.6) is 0 Å². The number of hydrogen-bond acceptors (Lipinski definition) is 4. The summed E-state index contributed by atoms with van der Waals surface area (Å²) in [6.07, 6.45) is 4.19. The van der Waals surface area contributed by atoms with Crippen molar-refractivity contribution in [2.45, 2.75) is 64.1 Å². The van der Waals surface area contributed by atoms with E-state index in [0.717, 1.165) is 31.1 Å². The minimum absolute atomic E-state index is 0.0955. The van der Waals surface area contributed by atoms with Gasteiger partial charge in [-0.05, 0) is 58.4 Å². The molecular weight excluding hydrogens is 252 g/mol. The molecular formula is C16H30N2O2. The first-order valence-corrected chi connectivity index (χ1v) is 7.94. The molecule has 0 aromatic carbocycles. The molecule has 0 aromatic heterocycles. The van der Waals surface area contributed by atoms with Gasteiger partial charge in [-0.1, -0.05) is 6.92 Å². The number of nitrogens with zero attached hydrogens (tertiary/aromatic N) is 1. The fourth-order valence-electron chi connectivity index (χ4n) is 3.69. The SMILES string of the molecule is COC(=O)C1(NC(C)C)CCC(N(C)CC2CC2C)C1. The summed E-state index contributed by atoms with van der Waals surface area (Å²) in [5.41, 5.74) is -0.475. The van der Waals surface area contributed by atoms with Gasteiger partial charge in [-0.25, -0.2) is 0 Å². The van der Waals surface area contributed by atoms with Gasteiger partial charge in [-0.15, -0.1) is 0 Å². The predicted molar refractivity (Wildman–Crippen MR) is 80.6 cm³/mol. The van der Waals surface area contributed by atoms with Crippen LogP contribution in [0.3, 0.4) is 0 Å². The molecule has 0 radical (unpaired) electrons. The summed E-state index contributed by atoms with van der Waals surface area (Å²) in [5, 5.41) is 3.47. The maximum absolute atomic E-state index is 12.2. The van der Waals surface area contributed by atoms with E-state index in [1.165, 1.54) is 20.1 Å². The summed E-state index contributed by atoms with van der Waals surface area (Å²) in [6.45, 7) is 7.68. The van der Waals surface area contributed by atoms with Crippen LogP contribution in [0.2, 0.25) is 0 Å². The highest BCUT2D eigenvalue weighted by atomic mass is 16.5. The monoisotopic (exact) mass is 282 g/mol. The molecule has 20 heavy (non-hydrogen) atoms. The molecule has 2 saturated carbocycles. The van der Waals surface area contributed by atoms with Crippen molar-refractivity contribution in [2.24, 2.45) is 11.8 Å². The van der Waals surface area contributed by atoms with Crippen LogP contribution in [0.25, 0.3) is 0 Å². The number of esters is 1. The Kier molecular flexibility index (Phi) is 4.75. The molecule has 116 valence electrons. The molecule has 0 amide bonds. The molecule has 4 nitrogen and oxygen atoms in total. The van der Waals surface area contributed by atoms with E-state index in [0.29, 0.717) is 12.1 Å². The molecule has 0 heterocycles. The third-order valence-corrected chi connectivity index (χ3v) is 5.05. The van der Waals surface area contributed by atoms with E-state index in [4.69, 9.17) is 4.74 Å². The van der Waals surface area contributed by atoms with Crippen molar-refractivity contribution < 1.29 is 9.53 Å². The first-order chi connectivity index (χ1) is 9.38. The summed E-state index contributed by atoms with van der Waals surface area (Å²) in [6, 6.07) is 0.787. The van der Waals surface area contributed by atoms with Crippen molar-refractivity contribution in [1.29, 1.82) is 0 Å². The topological polar surface area (TPSA) is 41.6 Å². The highest BCUT2D eigenvalue weighted by molar-refractivity contribution is 5.81. The molecule has 0 aromatic rings. The molecule has 0 saturated heterocycles. The van der Waals surface area contributed by atoms with Gasteiger partial charge in [-0.3, -0.25) is 10.1 Å². The molecule has 2 aliphatic carbocycles. The summed E-state index contributed by atoms with van der Waals surface area (Å²) in [5.74, 6) is 1.66. The Morgan fingerprint density at radius 3 is 2.65 bits per heavy atom. The Morgan fingerprint density at radius 1 is 1.50 bits per heavy atom. The number of carbonyl (C=O) groups is 1. The molecule has 2 rings (SSSR count). The van der Waals surface area contributed by atoms with Gasteiger partial charge in [0.15, 0.2) is 0 Å². The highest BCUT2D eigenvalue weighted by Crippen LogP contribution is 2.40. The molecule has 4 heteroatoms. The van der Waals surface area contributed by atoms with Gasteiger partial charge in [0.2, 0.25) is 0 Å². The van der Waals surface area contributed by atoms with Crippen LogP contribution < -0.4 is 5.32 Å². The van der Waals surface area contributed by atoms with Crippen molar-refractivity contribution in [3.63, 3.8) is 0 Å². The zero-order valence-corrected chi connectivity index (χ0v) is 13.6. The Morgan fingerprint density at radius 2 is 2.15 bits per heavy atom. The minimum atomic E-state index is -0.475. The predicted octanol–water partition coefficient (Wildman–Crippen LogP) is 2.04. The summed E-state index contributed by atoms with van der Waals surface area (Å²) >= 11 is 0. The smallest absolute Gasteiger partial charge is 0.326 e. The summed E-state index contributed by atoms with van der Waals surface area (Å²) < 4.78 is 5.06. The lowest BCUT2D eigenvalue weighted by Gasteiger charge is -2.31. The Hall–Kier alpha value is -0.610. The first kappa shape index (κ1) is 15.8. The fraction of sp³-hybridized carbons (Fsp3) is 0.938. The Labute approximate surface area is 123 Å². The van der Waals surface area contributed by atoms with Crippen molar-refractivity contribution in [3.05, 3.63) is 0 Å². The molecule has 4 atom stereocenters. The van der Waals surface area contributed by atoms with Gasteiger partial charge >= 0.3 is 5.97 Å². The Bertz CT molecular complexity index is 358. The average molecular weight is 282 g/mol. The fourth-order valence-corrected chi connectivity index (χ4v) is 3.69. The summed E-state index contributed by atoms with van der Waals surface area (Å²) in [7, 11) is 3.70. The van der Waals surface area contributed by atoms with E-state index in [1.807, 2.05) is 0 Å². The highest BCUT2D eigenvalue weighted by Gasteiger charge is 2.48. The van der Waals surface area contributed by atoms with E-state index in [2.05, 4.69) is 38.0 Å². The van der Waals surface area contributed by atoms with Crippen LogP contribution >= 0.6 is 0 Å². The van der Waals surface area contributed by atoms with Crippen molar-refractivity contribution in [1.82, 2.24) is 10.2 Å². The average Bonchev–Trinajstić information content (AvgIpc) is 2.90. The molecule has 0 bridgehead atoms. The maximum atomic E-state index is 12.2. The molecule has 0 aliphatic heterocycles. The zero-order chi connectivity index (χ0) is 14.9. The largest absolute Gasteiger partial charge is 0.468 e. The van der Waals surface area contributed by atoms with E-state index in [9.17, 15) is 4.79 Å². The van der Waals surface area contributed by atoms with Gasteiger partial charge in [0, 0.05) is 18.6 Å². The lowest BCUT2D eigenvalue weighted by Crippen LogP contribution is -2.54. The van der Waals surface area contributed by atoms with Crippen LogP contribution in [0, 0.1) is 11.8 Å². The number of rotatable bonds is 6. The normalized spacial score (nSPS) is 36.6. The van der Waals surface area contributed by atoms with E-state index >= 15 is 0 Å². The van der Waals surface area contributed by atoms with Gasteiger partial charge < -0.3 is 9.64 Å². The van der Waals surface area contributed by atoms with E-state index < -0.39 is 5.54 Å². The van der Waals surface area contributed by atoms with E-state index in [-0.39, 0.29) is 5.97 Å². The quantitative estimate of drug-likeness (QED) is 0.757. The minimum Gasteiger partial charge on any atom is -0.468 e. The second-order valence-corrected chi connectivity index (χ2v) is 7.18. The zero-order valence-electron chi connectivity index (χ0n) is 13.6. The number of carbonyl (C=O) groups excluding carboxylic acids is 1.